The number of benzene rings is 1. The molecule has 1 atom stereocenters. The van der Waals surface area contributed by atoms with Gasteiger partial charge in [0.15, 0.2) is 0 Å². The number of halogens is 1. The first kappa shape index (κ1) is 14.7. The molecule has 108 valence electrons. The number of aromatic nitrogens is 2. The Balaban J connectivity index is 2.46. The summed E-state index contributed by atoms with van der Waals surface area (Å²) in [6.45, 7) is 6.79. The molecular weight excluding hydrogens is 253 g/mol. The van der Waals surface area contributed by atoms with Crippen LogP contribution in [0.25, 0.3) is 0 Å². The molecule has 0 aliphatic carbocycles. The van der Waals surface area contributed by atoms with E-state index in [1.165, 1.54) is 0 Å². The van der Waals surface area contributed by atoms with Crippen LogP contribution in [-0.4, -0.2) is 16.3 Å². The van der Waals surface area contributed by atoms with Crippen LogP contribution in [0.3, 0.4) is 0 Å². The predicted octanol–water partition coefficient (Wildman–Crippen LogP) is 3.27. The first-order valence-corrected chi connectivity index (χ1v) is 7.02. The van der Waals surface area contributed by atoms with Crippen molar-refractivity contribution in [2.75, 3.05) is 6.54 Å². The average Bonchev–Trinajstić information content (AvgIpc) is 2.78. The van der Waals surface area contributed by atoms with Crippen LogP contribution in [0.15, 0.2) is 24.4 Å². The van der Waals surface area contributed by atoms with Gasteiger partial charge in [-0.2, -0.15) is 5.10 Å². The number of rotatable bonds is 5. The summed E-state index contributed by atoms with van der Waals surface area (Å²) in [6, 6.07) is 5.34. The Hall–Kier alpha value is -1.68. The average molecular weight is 275 g/mol. The molecule has 0 aliphatic rings. The van der Waals surface area contributed by atoms with E-state index in [0.717, 1.165) is 29.8 Å². The zero-order chi connectivity index (χ0) is 14.7. The summed E-state index contributed by atoms with van der Waals surface area (Å²) in [4.78, 5) is 0. The highest BCUT2D eigenvalue weighted by Crippen LogP contribution is 2.27. The van der Waals surface area contributed by atoms with Crippen LogP contribution in [0.4, 0.5) is 4.39 Å². The van der Waals surface area contributed by atoms with Crippen molar-refractivity contribution in [3.05, 3.63) is 52.6 Å². The number of hydrogen-bond donors (Lipinski definition) is 1. The molecule has 0 radical (unpaired) electrons. The highest BCUT2D eigenvalue weighted by molar-refractivity contribution is 5.38. The minimum Gasteiger partial charge on any atom is -0.305 e. The van der Waals surface area contributed by atoms with Gasteiger partial charge in [-0.05, 0) is 50.1 Å². The van der Waals surface area contributed by atoms with Crippen LogP contribution in [0, 0.1) is 19.7 Å². The lowest BCUT2D eigenvalue weighted by Crippen LogP contribution is -2.25. The first-order chi connectivity index (χ1) is 9.52. The zero-order valence-corrected chi connectivity index (χ0v) is 12.6. The molecule has 1 heterocycles. The summed E-state index contributed by atoms with van der Waals surface area (Å²) in [7, 11) is 1.87. The van der Waals surface area contributed by atoms with Crippen LogP contribution in [0.5, 0.6) is 0 Å². The molecule has 3 nitrogen and oxygen atoms in total. The summed E-state index contributed by atoms with van der Waals surface area (Å²) in [5, 5.41) is 7.83. The summed E-state index contributed by atoms with van der Waals surface area (Å²) in [6.07, 6.45) is 2.88. The molecule has 1 aromatic carbocycles. The van der Waals surface area contributed by atoms with Crippen molar-refractivity contribution in [1.82, 2.24) is 15.1 Å². The lowest BCUT2D eigenvalue weighted by molar-refractivity contribution is 0.530. The minimum atomic E-state index is -0.197. The third-order valence-corrected chi connectivity index (χ3v) is 3.40. The van der Waals surface area contributed by atoms with E-state index in [2.05, 4.69) is 17.3 Å². The Labute approximate surface area is 119 Å². The molecule has 0 fully saturated rings. The molecule has 20 heavy (non-hydrogen) atoms. The fraction of sp³-hybridized carbons (Fsp3) is 0.438. The number of nitrogens with zero attached hydrogens (tertiary/aromatic N) is 2. The van der Waals surface area contributed by atoms with Crippen molar-refractivity contribution in [3.8, 4) is 0 Å². The Morgan fingerprint density at radius 3 is 2.65 bits per heavy atom. The summed E-state index contributed by atoms with van der Waals surface area (Å²) in [5.74, 6) is -0.165. The van der Waals surface area contributed by atoms with Crippen LogP contribution < -0.4 is 5.32 Å². The molecule has 0 aliphatic heterocycles. The Morgan fingerprint density at radius 2 is 2.10 bits per heavy atom. The van der Waals surface area contributed by atoms with E-state index in [4.69, 9.17) is 0 Å². The predicted molar refractivity (Wildman–Crippen MR) is 79.2 cm³/mol. The number of hydrogen-bond acceptors (Lipinski definition) is 2. The minimum absolute atomic E-state index is 0.165. The summed E-state index contributed by atoms with van der Waals surface area (Å²) >= 11 is 0. The van der Waals surface area contributed by atoms with Gasteiger partial charge in [0.05, 0.1) is 11.7 Å². The van der Waals surface area contributed by atoms with Crippen molar-refractivity contribution in [2.45, 2.75) is 33.2 Å². The monoisotopic (exact) mass is 275 g/mol. The van der Waals surface area contributed by atoms with Gasteiger partial charge < -0.3 is 5.32 Å². The van der Waals surface area contributed by atoms with Crippen molar-refractivity contribution in [1.29, 1.82) is 0 Å². The third kappa shape index (κ3) is 3.07. The van der Waals surface area contributed by atoms with Crippen molar-refractivity contribution >= 4 is 0 Å². The largest absolute Gasteiger partial charge is 0.305 e. The van der Waals surface area contributed by atoms with Crippen LogP contribution in [0.1, 0.15) is 41.8 Å². The molecule has 0 spiro atoms. The fourth-order valence-corrected chi connectivity index (χ4v) is 2.52. The molecule has 0 bridgehead atoms. The smallest absolute Gasteiger partial charge is 0.128 e. The quantitative estimate of drug-likeness (QED) is 0.907. The molecule has 0 saturated carbocycles. The van der Waals surface area contributed by atoms with E-state index < -0.39 is 0 Å². The maximum atomic E-state index is 14.4. The molecule has 0 saturated heterocycles. The normalized spacial score (nSPS) is 12.7. The van der Waals surface area contributed by atoms with Crippen molar-refractivity contribution < 1.29 is 4.39 Å². The van der Waals surface area contributed by atoms with Gasteiger partial charge in [0.25, 0.3) is 0 Å². The molecule has 2 aromatic rings. The van der Waals surface area contributed by atoms with Crippen LogP contribution in [0.2, 0.25) is 0 Å². The highest BCUT2D eigenvalue weighted by atomic mass is 19.1. The van der Waals surface area contributed by atoms with Crippen molar-refractivity contribution in [2.24, 2.45) is 7.05 Å². The van der Waals surface area contributed by atoms with Gasteiger partial charge in [-0.15, -0.1) is 0 Å². The van der Waals surface area contributed by atoms with Gasteiger partial charge >= 0.3 is 0 Å². The topological polar surface area (TPSA) is 29.9 Å². The second-order valence-corrected chi connectivity index (χ2v) is 5.28. The van der Waals surface area contributed by atoms with Gasteiger partial charge in [0.2, 0.25) is 0 Å². The lowest BCUT2D eigenvalue weighted by atomic mass is 9.96. The third-order valence-electron chi connectivity index (χ3n) is 3.40. The Bertz CT molecular complexity index is 566. The summed E-state index contributed by atoms with van der Waals surface area (Å²) < 4.78 is 16.2. The fourth-order valence-electron chi connectivity index (χ4n) is 2.52. The van der Waals surface area contributed by atoms with E-state index in [-0.39, 0.29) is 11.9 Å². The van der Waals surface area contributed by atoms with Crippen LogP contribution >= 0.6 is 0 Å². The molecular formula is C16H22FN3. The molecule has 1 N–H and O–H groups in total. The van der Waals surface area contributed by atoms with Gasteiger partial charge in [-0.25, -0.2) is 4.39 Å². The Kier molecular flexibility index (Phi) is 4.55. The van der Waals surface area contributed by atoms with Crippen molar-refractivity contribution in [3.63, 3.8) is 0 Å². The van der Waals surface area contributed by atoms with E-state index in [0.29, 0.717) is 5.56 Å². The number of nitrogens with one attached hydrogen (secondary N) is 1. The second kappa shape index (κ2) is 6.18. The lowest BCUT2D eigenvalue weighted by Gasteiger charge is -2.20. The first-order valence-electron chi connectivity index (χ1n) is 7.02. The SMILES string of the molecule is CCCNC(c1ccn(C)n1)c1c(C)cc(C)cc1F. The molecule has 4 heteroatoms. The van der Waals surface area contributed by atoms with E-state index in [1.54, 1.807) is 10.7 Å². The maximum absolute atomic E-state index is 14.4. The van der Waals surface area contributed by atoms with Gasteiger partial charge in [-0.1, -0.05) is 13.0 Å². The highest BCUT2D eigenvalue weighted by Gasteiger charge is 2.21. The van der Waals surface area contributed by atoms with Gasteiger partial charge in [-0.3, -0.25) is 4.68 Å². The van der Waals surface area contributed by atoms with E-state index >= 15 is 0 Å². The second-order valence-electron chi connectivity index (χ2n) is 5.28. The molecule has 1 aromatic heterocycles. The van der Waals surface area contributed by atoms with E-state index in [1.807, 2.05) is 39.2 Å². The number of aryl methyl sites for hydroxylation is 3. The van der Waals surface area contributed by atoms with Crippen LogP contribution in [-0.2, 0) is 7.05 Å². The maximum Gasteiger partial charge on any atom is 0.128 e. The standard InChI is InChI=1S/C16H22FN3/c1-5-7-18-16(14-6-8-20(4)19-14)15-12(3)9-11(2)10-13(15)17/h6,8-10,16,18H,5,7H2,1-4H3. The molecule has 2 rings (SSSR count). The van der Waals surface area contributed by atoms with E-state index in [9.17, 15) is 4.39 Å². The van der Waals surface area contributed by atoms with Gasteiger partial charge in [0, 0.05) is 18.8 Å². The summed E-state index contributed by atoms with van der Waals surface area (Å²) in [5.41, 5.74) is 3.45. The molecule has 1 unspecified atom stereocenters. The molecule has 0 amide bonds. The Morgan fingerprint density at radius 1 is 1.35 bits per heavy atom. The zero-order valence-electron chi connectivity index (χ0n) is 12.6. The van der Waals surface area contributed by atoms with Gasteiger partial charge in [0.1, 0.15) is 5.82 Å².